The molecule has 0 aliphatic heterocycles. The number of rotatable bonds is 20. The molecule has 0 saturated carbocycles. The summed E-state index contributed by atoms with van der Waals surface area (Å²) >= 11 is 0. The molecule has 29 heavy (non-hydrogen) atoms. The molecule has 0 saturated heterocycles. The van der Waals surface area contributed by atoms with E-state index >= 15 is 0 Å². The Balaban J connectivity index is 3.46. The molecule has 0 rings (SSSR count). The van der Waals surface area contributed by atoms with Gasteiger partial charge in [-0.1, -0.05) is 111 Å². The maximum atomic E-state index is 9.60. The summed E-state index contributed by atoms with van der Waals surface area (Å²) in [5, 5.41) is 9.76. The smallest absolute Gasteiger partial charge is 0.192 e. The first-order valence-electron chi connectivity index (χ1n) is 12.6. The lowest BCUT2D eigenvalue weighted by molar-refractivity contribution is 0.0119. The molecule has 1 atom stereocenters. The molecular weight excluding hydrogens is 376 g/mol. The molecule has 4 heteroatoms. The van der Waals surface area contributed by atoms with Crippen LogP contribution < -0.4 is 0 Å². The molecule has 176 valence electrons. The SMILES string of the molecule is CCCCCCCCCCCCCCCCOCC(CO)O[Si](C)(C)C(C)(C)C. The molecule has 0 radical (unpaired) electrons. The van der Waals surface area contributed by atoms with Crippen LogP contribution in [0.3, 0.4) is 0 Å². The standard InChI is InChI=1S/C25H54O3Si/c1-7-8-9-10-11-12-13-14-15-16-17-18-19-20-21-27-23-24(22-26)28-29(5,6)25(2,3)4/h24,26H,7-23H2,1-6H3. The van der Waals surface area contributed by atoms with Crippen molar-refractivity contribution in [1.82, 2.24) is 0 Å². The zero-order chi connectivity index (χ0) is 22.0. The van der Waals surface area contributed by atoms with Crippen molar-refractivity contribution in [3.63, 3.8) is 0 Å². The summed E-state index contributed by atoms with van der Waals surface area (Å²) in [4.78, 5) is 0. The van der Waals surface area contributed by atoms with E-state index in [0.29, 0.717) is 6.61 Å². The highest BCUT2D eigenvalue weighted by Gasteiger charge is 2.39. The quantitative estimate of drug-likeness (QED) is 0.158. The number of aliphatic hydroxyl groups is 1. The van der Waals surface area contributed by atoms with E-state index in [1.54, 1.807) is 0 Å². The molecule has 0 bridgehead atoms. The summed E-state index contributed by atoms with van der Waals surface area (Å²) in [5.74, 6) is 0. The van der Waals surface area contributed by atoms with Crippen LogP contribution >= 0.6 is 0 Å². The number of hydrogen-bond acceptors (Lipinski definition) is 3. The van der Waals surface area contributed by atoms with Gasteiger partial charge in [-0.2, -0.15) is 0 Å². The van der Waals surface area contributed by atoms with Crippen LogP contribution in [0.25, 0.3) is 0 Å². The van der Waals surface area contributed by atoms with Gasteiger partial charge in [0.25, 0.3) is 0 Å². The van der Waals surface area contributed by atoms with Crippen molar-refractivity contribution in [3.05, 3.63) is 0 Å². The topological polar surface area (TPSA) is 38.7 Å². The van der Waals surface area contributed by atoms with Crippen LogP contribution in [0, 0.1) is 0 Å². The largest absolute Gasteiger partial charge is 0.409 e. The third kappa shape index (κ3) is 16.5. The number of ether oxygens (including phenoxy) is 1. The summed E-state index contributed by atoms with van der Waals surface area (Å²) in [6.45, 7) is 14.8. The molecule has 0 amide bonds. The Kier molecular flexibility index (Phi) is 17.8. The fraction of sp³-hybridized carbons (Fsp3) is 1.00. The minimum atomic E-state index is -1.84. The maximum Gasteiger partial charge on any atom is 0.192 e. The van der Waals surface area contributed by atoms with Crippen molar-refractivity contribution >= 4 is 8.32 Å². The first-order valence-corrected chi connectivity index (χ1v) is 15.5. The van der Waals surface area contributed by atoms with Crippen LogP contribution in [0.2, 0.25) is 18.1 Å². The van der Waals surface area contributed by atoms with Crippen LogP contribution in [-0.4, -0.2) is 39.3 Å². The molecule has 3 nitrogen and oxygen atoms in total. The van der Waals surface area contributed by atoms with Gasteiger partial charge in [0, 0.05) is 6.61 Å². The van der Waals surface area contributed by atoms with Crippen molar-refractivity contribution in [2.45, 2.75) is 142 Å². The second-order valence-electron chi connectivity index (χ2n) is 10.4. The Morgan fingerprint density at radius 3 is 1.52 bits per heavy atom. The first-order chi connectivity index (χ1) is 13.7. The van der Waals surface area contributed by atoms with Gasteiger partial charge in [0.1, 0.15) is 0 Å². The number of unbranched alkanes of at least 4 members (excludes halogenated alkanes) is 13. The van der Waals surface area contributed by atoms with Crippen molar-refractivity contribution in [3.8, 4) is 0 Å². The fourth-order valence-electron chi connectivity index (χ4n) is 3.33. The molecule has 0 aliphatic carbocycles. The Morgan fingerprint density at radius 1 is 0.724 bits per heavy atom. The van der Waals surface area contributed by atoms with E-state index in [9.17, 15) is 5.11 Å². The van der Waals surface area contributed by atoms with Gasteiger partial charge in [0.2, 0.25) is 0 Å². The molecule has 0 aliphatic rings. The number of aliphatic hydroxyl groups excluding tert-OH is 1. The molecule has 0 spiro atoms. The zero-order valence-electron chi connectivity index (χ0n) is 20.9. The highest BCUT2D eigenvalue weighted by atomic mass is 28.4. The summed E-state index contributed by atoms with van der Waals surface area (Å²) in [7, 11) is -1.84. The van der Waals surface area contributed by atoms with E-state index < -0.39 is 8.32 Å². The monoisotopic (exact) mass is 430 g/mol. The minimum Gasteiger partial charge on any atom is -0.409 e. The minimum absolute atomic E-state index is 0.0469. The second kappa shape index (κ2) is 17.7. The van der Waals surface area contributed by atoms with E-state index in [1.807, 2.05) is 0 Å². The summed E-state index contributed by atoms with van der Waals surface area (Å²) in [6, 6.07) is 0. The molecule has 0 aromatic heterocycles. The van der Waals surface area contributed by atoms with Gasteiger partial charge in [-0.05, 0) is 24.6 Å². The Labute approximate surface area is 184 Å². The normalized spacial score (nSPS) is 13.8. The highest BCUT2D eigenvalue weighted by Crippen LogP contribution is 2.37. The van der Waals surface area contributed by atoms with E-state index in [2.05, 4.69) is 40.8 Å². The van der Waals surface area contributed by atoms with Gasteiger partial charge in [-0.15, -0.1) is 0 Å². The lowest BCUT2D eigenvalue weighted by Crippen LogP contribution is -2.46. The molecule has 1 N–H and O–H groups in total. The van der Waals surface area contributed by atoms with Gasteiger partial charge in [-0.3, -0.25) is 0 Å². The van der Waals surface area contributed by atoms with Crippen molar-refractivity contribution in [2.24, 2.45) is 0 Å². The van der Waals surface area contributed by atoms with Gasteiger partial charge < -0.3 is 14.3 Å². The second-order valence-corrected chi connectivity index (χ2v) is 15.1. The van der Waals surface area contributed by atoms with Crippen molar-refractivity contribution in [2.75, 3.05) is 19.8 Å². The summed E-state index contributed by atoms with van der Waals surface area (Å²) in [5.41, 5.74) is 0. The predicted octanol–water partition coefficient (Wildman–Crippen LogP) is 7.87. The van der Waals surface area contributed by atoms with Crippen LogP contribution in [0.15, 0.2) is 0 Å². The molecule has 0 aromatic carbocycles. The van der Waals surface area contributed by atoms with Crippen LogP contribution in [0.1, 0.15) is 118 Å². The lowest BCUT2D eigenvalue weighted by Gasteiger charge is -2.38. The fourth-order valence-corrected chi connectivity index (χ4v) is 4.66. The van der Waals surface area contributed by atoms with Gasteiger partial charge in [0.05, 0.1) is 19.3 Å². The van der Waals surface area contributed by atoms with Crippen LogP contribution in [0.5, 0.6) is 0 Å². The van der Waals surface area contributed by atoms with Crippen LogP contribution in [-0.2, 0) is 9.16 Å². The van der Waals surface area contributed by atoms with E-state index in [-0.39, 0.29) is 17.7 Å². The Morgan fingerprint density at radius 2 is 1.14 bits per heavy atom. The van der Waals surface area contributed by atoms with E-state index in [0.717, 1.165) is 13.0 Å². The Bertz CT molecular complexity index is 352. The van der Waals surface area contributed by atoms with Gasteiger partial charge in [-0.25, -0.2) is 0 Å². The third-order valence-corrected chi connectivity index (χ3v) is 11.0. The van der Waals surface area contributed by atoms with Crippen molar-refractivity contribution in [1.29, 1.82) is 0 Å². The van der Waals surface area contributed by atoms with E-state index in [4.69, 9.17) is 9.16 Å². The molecule has 0 fully saturated rings. The first kappa shape index (κ1) is 29.1. The van der Waals surface area contributed by atoms with Crippen LogP contribution in [0.4, 0.5) is 0 Å². The van der Waals surface area contributed by atoms with Gasteiger partial charge in [0.15, 0.2) is 8.32 Å². The Hall–Kier alpha value is 0.0969. The number of hydrogen-bond donors (Lipinski definition) is 1. The van der Waals surface area contributed by atoms with Gasteiger partial charge >= 0.3 is 0 Å². The zero-order valence-corrected chi connectivity index (χ0v) is 21.9. The molecule has 1 unspecified atom stereocenters. The molecule has 0 heterocycles. The predicted molar refractivity (Wildman–Crippen MR) is 130 cm³/mol. The van der Waals surface area contributed by atoms with E-state index in [1.165, 1.54) is 83.5 Å². The average Bonchev–Trinajstić information content (AvgIpc) is 2.65. The average molecular weight is 431 g/mol. The third-order valence-electron chi connectivity index (χ3n) is 6.42. The highest BCUT2D eigenvalue weighted by molar-refractivity contribution is 6.74. The summed E-state index contributed by atoms with van der Waals surface area (Å²) < 4.78 is 12.0. The molecule has 0 aromatic rings. The van der Waals surface area contributed by atoms with Crippen molar-refractivity contribution < 1.29 is 14.3 Å². The molecular formula is C25H54O3Si. The summed E-state index contributed by atoms with van der Waals surface area (Å²) in [6.07, 6.45) is 19.1. The maximum absolute atomic E-state index is 9.60. The lowest BCUT2D eigenvalue weighted by atomic mass is 10.0.